The lowest BCUT2D eigenvalue weighted by atomic mass is 10.2. The second kappa shape index (κ2) is 10.7. The third kappa shape index (κ3) is 6.01. The highest BCUT2D eigenvalue weighted by atomic mass is 35.5. The molecule has 1 saturated heterocycles. The number of ether oxygens (including phenoxy) is 2. The minimum Gasteiger partial charge on any atom is -0.497 e. The summed E-state index contributed by atoms with van der Waals surface area (Å²) in [5.41, 5.74) is 2.07. The molecule has 0 radical (unpaired) electrons. The molecule has 3 rings (SSSR count). The number of urea groups is 1. The fourth-order valence-electron chi connectivity index (χ4n) is 3.08. The van der Waals surface area contributed by atoms with Crippen molar-refractivity contribution < 1.29 is 19.1 Å². The van der Waals surface area contributed by atoms with Crippen molar-refractivity contribution in [3.8, 4) is 5.75 Å². The van der Waals surface area contributed by atoms with Crippen LogP contribution in [0.1, 0.15) is 6.42 Å². The van der Waals surface area contributed by atoms with E-state index in [-0.39, 0.29) is 24.9 Å². The van der Waals surface area contributed by atoms with Gasteiger partial charge in [-0.2, -0.15) is 0 Å². The van der Waals surface area contributed by atoms with E-state index in [1.165, 1.54) is 0 Å². The molecule has 0 bridgehead atoms. The number of amides is 3. The highest BCUT2D eigenvalue weighted by Crippen LogP contribution is 2.34. The van der Waals surface area contributed by atoms with Crippen molar-refractivity contribution >= 4 is 40.6 Å². The van der Waals surface area contributed by atoms with Gasteiger partial charge in [0, 0.05) is 31.7 Å². The van der Waals surface area contributed by atoms with Crippen LogP contribution in [0.4, 0.5) is 21.9 Å². The molecule has 1 fully saturated rings. The van der Waals surface area contributed by atoms with Crippen LogP contribution in [0.15, 0.2) is 42.5 Å². The van der Waals surface area contributed by atoms with Gasteiger partial charge in [0.2, 0.25) is 5.91 Å². The molecule has 3 N–H and O–H groups in total. The van der Waals surface area contributed by atoms with Crippen LogP contribution in [0.25, 0.3) is 0 Å². The number of morpholine rings is 1. The molecular formula is C21H25ClN4O4. The number of anilines is 3. The molecule has 0 aliphatic carbocycles. The number of nitrogens with one attached hydrogen (secondary N) is 3. The van der Waals surface area contributed by atoms with Gasteiger partial charge in [-0.25, -0.2) is 4.79 Å². The van der Waals surface area contributed by atoms with Gasteiger partial charge in [0.25, 0.3) is 0 Å². The minimum absolute atomic E-state index is 0.130. The van der Waals surface area contributed by atoms with Crippen LogP contribution in [0.5, 0.6) is 5.75 Å². The summed E-state index contributed by atoms with van der Waals surface area (Å²) in [6.45, 7) is 2.85. The Morgan fingerprint density at radius 2 is 1.83 bits per heavy atom. The van der Waals surface area contributed by atoms with E-state index in [0.717, 1.165) is 5.69 Å². The summed E-state index contributed by atoms with van der Waals surface area (Å²) in [4.78, 5) is 26.5. The van der Waals surface area contributed by atoms with E-state index in [4.69, 9.17) is 21.1 Å². The Morgan fingerprint density at radius 1 is 1.10 bits per heavy atom. The Morgan fingerprint density at radius 3 is 2.53 bits per heavy atom. The molecule has 2 aromatic rings. The molecule has 0 spiro atoms. The number of halogens is 1. The number of para-hydroxylation sites is 1. The highest BCUT2D eigenvalue weighted by molar-refractivity contribution is 6.34. The molecule has 160 valence electrons. The van der Waals surface area contributed by atoms with Crippen molar-refractivity contribution in [1.82, 2.24) is 5.32 Å². The van der Waals surface area contributed by atoms with E-state index < -0.39 is 0 Å². The standard InChI is InChI=1S/C21H25ClN4O4/c1-29-16-7-5-15(6-8-16)24-21(28)23-10-9-19(27)25-18-4-2-3-17(22)20(18)26-11-13-30-14-12-26/h2-8H,9-14H2,1H3,(H,25,27)(H2,23,24,28). The third-order valence-electron chi connectivity index (χ3n) is 4.57. The average molecular weight is 433 g/mol. The zero-order valence-electron chi connectivity index (χ0n) is 16.7. The summed E-state index contributed by atoms with van der Waals surface area (Å²) in [5, 5.41) is 8.84. The van der Waals surface area contributed by atoms with Crippen molar-refractivity contribution in [2.75, 3.05) is 55.5 Å². The average Bonchev–Trinajstić information content (AvgIpc) is 2.75. The summed E-state index contributed by atoms with van der Waals surface area (Å²) in [6.07, 6.45) is 0.130. The van der Waals surface area contributed by atoms with Gasteiger partial charge in [-0.05, 0) is 36.4 Å². The lowest BCUT2D eigenvalue weighted by molar-refractivity contribution is -0.116. The van der Waals surface area contributed by atoms with E-state index in [2.05, 4.69) is 20.9 Å². The molecule has 0 unspecified atom stereocenters. The Hall–Kier alpha value is -2.97. The van der Waals surface area contributed by atoms with Crippen LogP contribution in [0.2, 0.25) is 5.02 Å². The van der Waals surface area contributed by atoms with Crippen LogP contribution < -0.4 is 25.6 Å². The Bertz CT molecular complexity index is 870. The smallest absolute Gasteiger partial charge is 0.319 e. The molecule has 0 aromatic heterocycles. The van der Waals surface area contributed by atoms with Crippen molar-refractivity contribution in [3.05, 3.63) is 47.5 Å². The van der Waals surface area contributed by atoms with E-state index in [0.29, 0.717) is 48.5 Å². The predicted octanol–water partition coefficient (Wildman–Crippen LogP) is 3.34. The van der Waals surface area contributed by atoms with Gasteiger partial charge in [0.15, 0.2) is 0 Å². The number of carbonyl (C=O) groups is 2. The first kappa shape index (κ1) is 21.7. The fourth-order valence-corrected chi connectivity index (χ4v) is 3.37. The maximum Gasteiger partial charge on any atom is 0.319 e. The summed E-state index contributed by atoms with van der Waals surface area (Å²) >= 11 is 6.38. The van der Waals surface area contributed by atoms with Crippen LogP contribution >= 0.6 is 11.6 Å². The maximum atomic E-state index is 12.4. The lowest BCUT2D eigenvalue weighted by Crippen LogP contribution is -2.37. The Labute approximate surface area is 180 Å². The molecule has 1 aliphatic heterocycles. The van der Waals surface area contributed by atoms with Gasteiger partial charge in [0.1, 0.15) is 5.75 Å². The van der Waals surface area contributed by atoms with Crippen molar-refractivity contribution in [2.24, 2.45) is 0 Å². The van der Waals surface area contributed by atoms with Gasteiger partial charge in [-0.15, -0.1) is 0 Å². The maximum absolute atomic E-state index is 12.4. The molecule has 8 nitrogen and oxygen atoms in total. The molecule has 3 amide bonds. The number of hydrogen-bond acceptors (Lipinski definition) is 5. The summed E-state index contributed by atoms with van der Waals surface area (Å²) in [5.74, 6) is 0.492. The molecule has 0 atom stereocenters. The van der Waals surface area contributed by atoms with Crippen molar-refractivity contribution in [2.45, 2.75) is 6.42 Å². The van der Waals surface area contributed by atoms with Crippen LogP contribution in [-0.2, 0) is 9.53 Å². The van der Waals surface area contributed by atoms with Gasteiger partial charge in [0.05, 0.1) is 36.7 Å². The number of benzene rings is 2. The van der Waals surface area contributed by atoms with Gasteiger partial charge in [-0.1, -0.05) is 17.7 Å². The number of rotatable bonds is 7. The van der Waals surface area contributed by atoms with E-state index in [1.54, 1.807) is 43.5 Å². The normalized spacial score (nSPS) is 13.5. The molecule has 9 heteroatoms. The first-order chi connectivity index (χ1) is 14.6. The molecule has 2 aromatic carbocycles. The van der Waals surface area contributed by atoms with Crippen LogP contribution in [0.3, 0.4) is 0 Å². The predicted molar refractivity (Wildman–Crippen MR) is 118 cm³/mol. The lowest BCUT2D eigenvalue weighted by Gasteiger charge is -2.31. The largest absolute Gasteiger partial charge is 0.497 e. The molecular weight excluding hydrogens is 408 g/mol. The number of nitrogens with zero attached hydrogens (tertiary/aromatic N) is 1. The molecule has 1 aliphatic rings. The van der Waals surface area contributed by atoms with Crippen LogP contribution in [-0.4, -0.2) is 51.9 Å². The van der Waals surface area contributed by atoms with Crippen molar-refractivity contribution in [1.29, 1.82) is 0 Å². The molecule has 30 heavy (non-hydrogen) atoms. The quantitative estimate of drug-likeness (QED) is 0.624. The monoisotopic (exact) mass is 432 g/mol. The van der Waals surface area contributed by atoms with Crippen LogP contribution in [0, 0.1) is 0 Å². The topological polar surface area (TPSA) is 91.9 Å². The highest BCUT2D eigenvalue weighted by Gasteiger charge is 2.19. The van der Waals surface area contributed by atoms with E-state index >= 15 is 0 Å². The van der Waals surface area contributed by atoms with Gasteiger partial charge >= 0.3 is 6.03 Å². The van der Waals surface area contributed by atoms with E-state index in [9.17, 15) is 9.59 Å². The first-order valence-electron chi connectivity index (χ1n) is 9.67. The third-order valence-corrected chi connectivity index (χ3v) is 4.88. The van der Waals surface area contributed by atoms with Gasteiger partial charge in [-0.3, -0.25) is 4.79 Å². The first-order valence-corrected chi connectivity index (χ1v) is 10.0. The fraction of sp³-hybridized carbons (Fsp3) is 0.333. The summed E-state index contributed by atoms with van der Waals surface area (Å²) in [7, 11) is 1.58. The number of carbonyl (C=O) groups excluding carboxylic acids is 2. The second-order valence-electron chi connectivity index (χ2n) is 6.64. The second-order valence-corrected chi connectivity index (χ2v) is 7.05. The van der Waals surface area contributed by atoms with Gasteiger partial charge < -0.3 is 30.3 Å². The summed E-state index contributed by atoms with van der Waals surface area (Å²) in [6, 6.07) is 12.0. The zero-order valence-corrected chi connectivity index (χ0v) is 17.5. The molecule has 0 saturated carbocycles. The summed E-state index contributed by atoms with van der Waals surface area (Å²) < 4.78 is 10.5. The SMILES string of the molecule is COc1ccc(NC(=O)NCCC(=O)Nc2cccc(Cl)c2N2CCOCC2)cc1. The zero-order chi connectivity index (χ0) is 21.3. The van der Waals surface area contributed by atoms with E-state index in [1.807, 2.05) is 6.07 Å². The number of hydrogen-bond donors (Lipinski definition) is 3. The number of methoxy groups -OCH3 is 1. The molecule has 1 heterocycles. The Kier molecular flexibility index (Phi) is 7.75. The van der Waals surface area contributed by atoms with Crippen molar-refractivity contribution in [3.63, 3.8) is 0 Å². The Balaban J connectivity index is 1.48. The minimum atomic E-state index is -0.385.